The first kappa shape index (κ1) is 21.4. The van der Waals surface area contributed by atoms with Gasteiger partial charge in [0.1, 0.15) is 0 Å². The van der Waals surface area contributed by atoms with E-state index in [4.69, 9.17) is 4.74 Å². The molecule has 0 radical (unpaired) electrons. The lowest BCUT2D eigenvalue weighted by molar-refractivity contribution is -0.128. The fraction of sp³-hybridized carbons (Fsp3) is 0.857. The number of morpholine rings is 1. The second-order valence-corrected chi connectivity index (χ2v) is 5.18. The number of amides is 1. The number of carbonyl (C=O) groups excluding carboxylic acids is 1. The second kappa shape index (κ2) is 12.9. The van der Waals surface area contributed by atoms with Crippen molar-refractivity contribution in [1.82, 2.24) is 20.4 Å². The second-order valence-electron chi connectivity index (χ2n) is 5.18. The molecule has 0 aromatic rings. The normalized spacial score (nSPS) is 15.9. The highest BCUT2D eigenvalue weighted by Gasteiger charge is 2.09. The van der Waals surface area contributed by atoms with Crippen LogP contribution in [0.25, 0.3) is 0 Å². The molecule has 22 heavy (non-hydrogen) atoms. The highest BCUT2D eigenvalue weighted by molar-refractivity contribution is 14.0. The topological polar surface area (TPSA) is 69.2 Å². The van der Waals surface area contributed by atoms with Gasteiger partial charge in [-0.25, -0.2) is 0 Å². The van der Waals surface area contributed by atoms with Crippen molar-refractivity contribution in [3.05, 3.63) is 0 Å². The predicted octanol–water partition coefficient (Wildman–Crippen LogP) is -0.0300. The highest BCUT2D eigenvalue weighted by atomic mass is 127. The molecule has 0 unspecified atom stereocenters. The predicted molar refractivity (Wildman–Crippen MR) is 100.0 cm³/mol. The average Bonchev–Trinajstić information content (AvgIpc) is 2.48. The molecule has 0 aromatic heterocycles. The number of rotatable bonds is 7. The molecule has 1 amide bonds. The van der Waals surface area contributed by atoms with Crippen molar-refractivity contribution in [3.8, 4) is 0 Å². The van der Waals surface area contributed by atoms with Gasteiger partial charge < -0.3 is 20.3 Å². The zero-order valence-corrected chi connectivity index (χ0v) is 16.3. The van der Waals surface area contributed by atoms with Crippen LogP contribution in [0.5, 0.6) is 0 Å². The average molecular weight is 427 g/mol. The molecule has 130 valence electrons. The van der Waals surface area contributed by atoms with Crippen molar-refractivity contribution in [2.45, 2.75) is 13.3 Å². The van der Waals surface area contributed by atoms with Gasteiger partial charge in [0, 0.05) is 53.2 Å². The molecule has 1 saturated heterocycles. The lowest BCUT2D eigenvalue weighted by atomic mass is 10.4. The minimum absolute atomic E-state index is 0. The smallest absolute Gasteiger partial charge is 0.223 e. The van der Waals surface area contributed by atoms with Crippen molar-refractivity contribution in [1.29, 1.82) is 0 Å². The van der Waals surface area contributed by atoms with Gasteiger partial charge in [0.05, 0.1) is 19.8 Å². The number of nitrogens with zero attached hydrogens (tertiary/aromatic N) is 3. The number of halogens is 1. The van der Waals surface area contributed by atoms with E-state index in [1.165, 1.54) is 0 Å². The maximum atomic E-state index is 11.5. The van der Waals surface area contributed by atoms with E-state index < -0.39 is 0 Å². The number of carbonyl (C=O) groups is 1. The van der Waals surface area contributed by atoms with Crippen molar-refractivity contribution in [3.63, 3.8) is 0 Å². The Morgan fingerprint density at radius 3 is 2.55 bits per heavy atom. The van der Waals surface area contributed by atoms with Gasteiger partial charge in [-0.2, -0.15) is 0 Å². The Morgan fingerprint density at radius 2 is 1.95 bits per heavy atom. The van der Waals surface area contributed by atoms with Gasteiger partial charge in [-0.05, 0) is 6.92 Å². The van der Waals surface area contributed by atoms with Crippen LogP contribution in [0.3, 0.4) is 0 Å². The molecule has 1 rings (SSSR count). The third-order valence-electron chi connectivity index (χ3n) is 3.26. The monoisotopic (exact) mass is 427 g/mol. The van der Waals surface area contributed by atoms with Gasteiger partial charge in [0.15, 0.2) is 5.96 Å². The standard InChI is InChI=1S/C14H29N5O2.HI/c1-4-15-14(16-6-5-13(20)18(2)3)17-7-8-19-9-11-21-12-10-19;/h4-12H2,1-3H3,(H2,15,16,17);1H. The Hall–Kier alpha value is -0.610. The van der Waals surface area contributed by atoms with Gasteiger partial charge in [-0.1, -0.05) is 0 Å². The van der Waals surface area contributed by atoms with Gasteiger partial charge >= 0.3 is 0 Å². The van der Waals surface area contributed by atoms with Crippen LogP contribution in [-0.4, -0.2) is 88.2 Å². The summed E-state index contributed by atoms with van der Waals surface area (Å²) in [5.74, 6) is 0.893. The summed E-state index contributed by atoms with van der Waals surface area (Å²) in [6, 6.07) is 0. The molecule has 0 bridgehead atoms. The number of hydrogen-bond donors (Lipinski definition) is 2. The molecule has 0 aromatic carbocycles. The molecule has 0 spiro atoms. The van der Waals surface area contributed by atoms with Crippen LogP contribution in [0.1, 0.15) is 13.3 Å². The van der Waals surface area contributed by atoms with E-state index in [0.717, 1.165) is 51.9 Å². The van der Waals surface area contributed by atoms with Gasteiger partial charge in [0.2, 0.25) is 5.91 Å². The van der Waals surface area contributed by atoms with Crippen molar-refractivity contribution >= 4 is 35.8 Å². The summed E-state index contributed by atoms with van der Waals surface area (Å²) >= 11 is 0. The summed E-state index contributed by atoms with van der Waals surface area (Å²) in [4.78, 5) is 20.0. The van der Waals surface area contributed by atoms with Crippen LogP contribution in [-0.2, 0) is 9.53 Å². The molecular formula is C14H30IN5O2. The van der Waals surface area contributed by atoms with E-state index in [1.54, 1.807) is 19.0 Å². The Morgan fingerprint density at radius 1 is 1.27 bits per heavy atom. The number of hydrogen-bond acceptors (Lipinski definition) is 4. The molecule has 2 N–H and O–H groups in total. The van der Waals surface area contributed by atoms with Gasteiger partial charge in [-0.3, -0.25) is 14.7 Å². The summed E-state index contributed by atoms with van der Waals surface area (Å²) in [6.07, 6.45) is 0.473. The zero-order chi connectivity index (χ0) is 15.5. The van der Waals surface area contributed by atoms with Crippen LogP contribution in [0.15, 0.2) is 4.99 Å². The van der Waals surface area contributed by atoms with Crippen molar-refractivity contribution in [2.24, 2.45) is 4.99 Å². The first-order valence-corrected chi connectivity index (χ1v) is 7.66. The number of ether oxygens (including phenoxy) is 1. The number of aliphatic imine (C=N–C) groups is 1. The number of guanidine groups is 1. The van der Waals surface area contributed by atoms with E-state index in [1.807, 2.05) is 6.92 Å². The van der Waals surface area contributed by atoms with Gasteiger partial charge in [0.25, 0.3) is 0 Å². The third-order valence-corrected chi connectivity index (χ3v) is 3.26. The summed E-state index contributed by atoms with van der Waals surface area (Å²) in [6.45, 7) is 8.72. The molecule has 1 fully saturated rings. The summed E-state index contributed by atoms with van der Waals surface area (Å²) in [7, 11) is 3.54. The molecule has 1 heterocycles. The molecule has 0 saturated carbocycles. The molecule has 1 aliphatic rings. The highest BCUT2D eigenvalue weighted by Crippen LogP contribution is 1.95. The molecule has 1 aliphatic heterocycles. The van der Waals surface area contributed by atoms with E-state index in [0.29, 0.717) is 13.0 Å². The van der Waals surface area contributed by atoms with E-state index >= 15 is 0 Å². The van der Waals surface area contributed by atoms with Crippen LogP contribution >= 0.6 is 24.0 Å². The van der Waals surface area contributed by atoms with Gasteiger partial charge in [-0.15, -0.1) is 24.0 Å². The Kier molecular flexibility index (Phi) is 12.5. The van der Waals surface area contributed by atoms with Crippen LogP contribution in [0.2, 0.25) is 0 Å². The van der Waals surface area contributed by atoms with E-state index in [2.05, 4.69) is 20.5 Å². The fourth-order valence-electron chi connectivity index (χ4n) is 1.98. The first-order chi connectivity index (χ1) is 10.1. The molecular weight excluding hydrogens is 397 g/mol. The quantitative estimate of drug-likeness (QED) is 0.340. The third kappa shape index (κ3) is 9.42. The number of nitrogens with one attached hydrogen (secondary N) is 2. The zero-order valence-electron chi connectivity index (χ0n) is 13.9. The van der Waals surface area contributed by atoms with Crippen LogP contribution in [0.4, 0.5) is 0 Å². The minimum atomic E-state index is 0. The Bertz CT molecular complexity index is 333. The lowest BCUT2D eigenvalue weighted by Gasteiger charge is -2.25. The lowest BCUT2D eigenvalue weighted by Crippen LogP contribution is -2.41. The molecule has 0 atom stereocenters. The maximum absolute atomic E-state index is 11.5. The van der Waals surface area contributed by atoms with Crippen LogP contribution in [0, 0.1) is 0 Å². The fourth-order valence-corrected chi connectivity index (χ4v) is 1.98. The SMILES string of the molecule is CCNC(=NCCN1CCOCC1)NCCC(=O)N(C)C.I. The minimum Gasteiger partial charge on any atom is -0.379 e. The summed E-state index contributed by atoms with van der Waals surface area (Å²) in [5, 5.41) is 6.39. The summed E-state index contributed by atoms with van der Waals surface area (Å²) in [5.41, 5.74) is 0. The molecule has 7 nitrogen and oxygen atoms in total. The van der Waals surface area contributed by atoms with E-state index in [-0.39, 0.29) is 29.9 Å². The van der Waals surface area contributed by atoms with Crippen molar-refractivity contribution < 1.29 is 9.53 Å². The Balaban J connectivity index is 0.00000441. The summed E-state index contributed by atoms with van der Waals surface area (Å²) < 4.78 is 5.32. The Labute approximate surface area is 150 Å². The first-order valence-electron chi connectivity index (χ1n) is 7.66. The maximum Gasteiger partial charge on any atom is 0.223 e. The van der Waals surface area contributed by atoms with Crippen molar-refractivity contribution in [2.75, 3.05) is 66.6 Å². The largest absolute Gasteiger partial charge is 0.379 e. The van der Waals surface area contributed by atoms with Crippen LogP contribution < -0.4 is 10.6 Å². The molecule has 0 aliphatic carbocycles. The molecule has 8 heteroatoms. The van der Waals surface area contributed by atoms with E-state index in [9.17, 15) is 4.79 Å².